The van der Waals surface area contributed by atoms with Crippen LogP contribution in [-0.2, 0) is 4.79 Å². The summed E-state index contributed by atoms with van der Waals surface area (Å²) in [5.41, 5.74) is 1.96. The van der Waals surface area contributed by atoms with Gasteiger partial charge >= 0.3 is 0 Å². The van der Waals surface area contributed by atoms with Crippen LogP contribution in [0.3, 0.4) is 0 Å². The summed E-state index contributed by atoms with van der Waals surface area (Å²) in [4.78, 5) is 21.7. The number of carbonyl (C=O) groups excluding carboxylic acids is 1. The van der Waals surface area contributed by atoms with Crippen molar-refractivity contribution in [3.8, 4) is 0 Å². The summed E-state index contributed by atoms with van der Waals surface area (Å²) >= 11 is 0. The van der Waals surface area contributed by atoms with Gasteiger partial charge in [-0.3, -0.25) is 14.9 Å². The Morgan fingerprint density at radius 3 is 2.65 bits per heavy atom. The summed E-state index contributed by atoms with van der Waals surface area (Å²) in [6.07, 6.45) is -0.499. The van der Waals surface area contributed by atoms with Crippen molar-refractivity contribution in [1.29, 1.82) is 0 Å². The molecule has 0 bridgehead atoms. The number of hydrazone groups is 1. The second kappa shape index (κ2) is 7.23. The number of aliphatic hydroxyl groups is 1. The maximum absolute atomic E-state index is 13.5. The molecule has 0 heterocycles. The molecule has 2 N–H and O–H groups in total. The van der Waals surface area contributed by atoms with E-state index in [1.807, 2.05) is 5.43 Å². The smallest absolute Gasteiger partial charge is 0.273 e. The Morgan fingerprint density at radius 2 is 2.00 bits per heavy atom. The molecule has 1 unspecified atom stereocenters. The maximum atomic E-state index is 13.5. The number of nitrogens with zero attached hydrogens (tertiary/aromatic N) is 2. The summed E-state index contributed by atoms with van der Waals surface area (Å²) in [5.74, 6) is -1.53. The molecule has 0 aromatic heterocycles. The Kier molecular flexibility index (Phi) is 5.11. The first-order chi connectivity index (χ1) is 11.0. The van der Waals surface area contributed by atoms with E-state index >= 15 is 0 Å². The van der Waals surface area contributed by atoms with Gasteiger partial charge < -0.3 is 5.11 Å². The van der Waals surface area contributed by atoms with Gasteiger partial charge in [0, 0.05) is 17.7 Å². The number of hydrogen-bond acceptors (Lipinski definition) is 5. The van der Waals surface area contributed by atoms with E-state index in [-0.39, 0.29) is 11.3 Å². The van der Waals surface area contributed by atoms with Crippen LogP contribution in [0.4, 0.5) is 10.1 Å². The molecule has 2 aromatic carbocycles. The molecule has 23 heavy (non-hydrogen) atoms. The molecule has 0 aliphatic heterocycles. The SMILES string of the molecule is O=C(N/N=C/c1cc([N+](=O)[O-])ccc1F)C(O)c1ccccc1. The van der Waals surface area contributed by atoms with Gasteiger partial charge in [0.25, 0.3) is 11.6 Å². The van der Waals surface area contributed by atoms with E-state index in [0.29, 0.717) is 5.56 Å². The Bertz CT molecular complexity index is 750. The molecule has 0 aliphatic rings. The lowest BCUT2D eigenvalue weighted by Gasteiger charge is -2.08. The van der Waals surface area contributed by atoms with Gasteiger partial charge in [-0.25, -0.2) is 9.82 Å². The number of hydrogen-bond donors (Lipinski definition) is 2. The van der Waals surface area contributed by atoms with Crippen molar-refractivity contribution in [2.45, 2.75) is 6.10 Å². The molecule has 0 saturated heterocycles. The third-order valence-electron chi connectivity index (χ3n) is 2.93. The zero-order chi connectivity index (χ0) is 16.8. The number of amides is 1. The topological polar surface area (TPSA) is 105 Å². The zero-order valence-electron chi connectivity index (χ0n) is 11.7. The molecule has 1 amide bonds. The number of nitro benzene ring substituents is 1. The van der Waals surface area contributed by atoms with E-state index < -0.39 is 22.8 Å². The number of carbonyl (C=O) groups is 1. The number of nitrogens with one attached hydrogen (secondary N) is 1. The molecular weight excluding hydrogens is 305 g/mol. The molecule has 8 heteroatoms. The average molecular weight is 317 g/mol. The van der Waals surface area contributed by atoms with Crippen LogP contribution >= 0.6 is 0 Å². The molecule has 0 aliphatic carbocycles. The number of nitro groups is 1. The van der Waals surface area contributed by atoms with E-state index in [9.17, 15) is 24.4 Å². The first-order valence-corrected chi connectivity index (χ1v) is 6.49. The predicted molar refractivity (Wildman–Crippen MR) is 80.2 cm³/mol. The first kappa shape index (κ1) is 16.2. The second-order valence-corrected chi connectivity index (χ2v) is 4.51. The van der Waals surface area contributed by atoms with Gasteiger partial charge in [-0.15, -0.1) is 0 Å². The van der Waals surface area contributed by atoms with Gasteiger partial charge in [-0.05, 0) is 11.6 Å². The molecule has 0 spiro atoms. The number of aliphatic hydroxyl groups excluding tert-OH is 1. The van der Waals surface area contributed by atoms with Gasteiger partial charge in [0.05, 0.1) is 11.1 Å². The lowest BCUT2D eigenvalue weighted by Crippen LogP contribution is -2.25. The molecule has 0 fully saturated rings. The van der Waals surface area contributed by atoms with E-state index in [4.69, 9.17) is 0 Å². The predicted octanol–water partition coefficient (Wildman–Crippen LogP) is 1.92. The van der Waals surface area contributed by atoms with Gasteiger partial charge in [0.1, 0.15) is 5.82 Å². The summed E-state index contributed by atoms with van der Waals surface area (Å²) in [5, 5.41) is 23.9. The molecular formula is C15H12FN3O4. The van der Waals surface area contributed by atoms with Crippen molar-refractivity contribution in [2.75, 3.05) is 0 Å². The molecule has 7 nitrogen and oxygen atoms in total. The van der Waals surface area contributed by atoms with Crippen LogP contribution in [0.1, 0.15) is 17.2 Å². The van der Waals surface area contributed by atoms with Crippen molar-refractivity contribution < 1.29 is 19.2 Å². The highest BCUT2D eigenvalue weighted by Crippen LogP contribution is 2.15. The number of benzene rings is 2. The number of non-ortho nitro benzene ring substituents is 1. The highest BCUT2D eigenvalue weighted by molar-refractivity contribution is 5.85. The van der Waals surface area contributed by atoms with Crippen molar-refractivity contribution in [3.05, 3.63) is 75.6 Å². The molecule has 118 valence electrons. The lowest BCUT2D eigenvalue weighted by atomic mass is 10.1. The minimum atomic E-state index is -1.43. The average Bonchev–Trinajstić information content (AvgIpc) is 2.56. The summed E-state index contributed by atoms with van der Waals surface area (Å²) in [6, 6.07) is 11.1. The van der Waals surface area contributed by atoms with Crippen LogP contribution in [0.25, 0.3) is 0 Å². The van der Waals surface area contributed by atoms with E-state index in [0.717, 1.165) is 24.4 Å². The Balaban J connectivity index is 2.05. The van der Waals surface area contributed by atoms with Gasteiger partial charge in [0.2, 0.25) is 0 Å². The minimum absolute atomic E-state index is 0.159. The highest BCUT2D eigenvalue weighted by atomic mass is 19.1. The Morgan fingerprint density at radius 1 is 1.30 bits per heavy atom. The van der Waals surface area contributed by atoms with Crippen molar-refractivity contribution in [1.82, 2.24) is 5.43 Å². The van der Waals surface area contributed by atoms with Gasteiger partial charge in [0.15, 0.2) is 6.10 Å². The maximum Gasteiger partial charge on any atom is 0.273 e. The van der Waals surface area contributed by atoms with E-state index in [1.165, 1.54) is 0 Å². The zero-order valence-corrected chi connectivity index (χ0v) is 11.7. The minimum Gasteiger partial charge on any atom is -0.378 e. The quantitative estimate of drug-likeness (QED) is 0.499. The summed E-state index contributed by atoms with van der Waals surface area (Å²) in [7, 11) is 0. The molecule has 2 aromatic rings. The van der Waals surface area contributed by atoms with Crippen molar-refractivity contribution in [2.24, 2.45) is 5.10 Å². The number of rotatable bonds is 5. The fraction of sp³-hybridized carbons (Fsp3) is 0.0667. The van der Waals surface area contributed by atoms with E-state index in [1.54, 1.807) is 30.3 Å². The van der Waals surface area contributed by atoms with Gasteiger partial charge in [-0.1, -0.05) is 30.3 Å². The van der Waals surface area contributed by atoms with Crippen LogP contribution in [0.2, 0.25) is 0 Å². The van der Waals surface area contributed by atoms with Crippen LogP contribution in [0, 0.1) is 15.9 Å². The fourth-order valence-electron chi connectivity index (χ4n) is 1.76. The van der Waals surface area contributed by atoms with Crippen LogP contribution in [-0.4, -0.2) is 22.2 Å². The largest absolute Gasteiger partial charge is 0.378 e. The third-order valence-corrected chi connectivity index (χ3v) is 2.93. The number of halogens is 1. The van der Waals surface area contributed by atoms with Gasteiger partial charge in [-0.2, -0.15) is 5.10 Å². The summed E-state index contributed by atoms with van der Waals surface area (Å²) < 4.78 is 13.5. The molecule has 0 saturated carbocycles. The van der Waals surface area contributed by atoms with Crippen molar-refractivity contribution >= 4 is 17.8 Å². The van der Waals surface area contributed by atoms with Crippen molar-refractivity contribution in [3.63, 3.8) is 0 Å². The van der Waals surface area contributed by atoms with Crippen LogP contribution < -0.4 is 5.43 Å². The van der Waals surface area contributed by atoms with Crippen LogP contribution in [0.15, 0.2) is 53.6 Å². The van der Waals surface area contributed by atoms with Crippen LogP contribution in [0.5, 0.6) is 0 Å². The fourth-order valence-corrected chi connectivity index (χ4v) is 1.76. The molecule has 1 atom stereocenters. The Hall–Kier alpha value is -3.13. The monoisotopic (exact) mass is 317 g/mol. The summed E-state index contributed by atoms with van der Waals surface area (Å²) in [6.45, 7) is 0. The first-order valence-electron chi connectivity index (χ1n) is 6.49. The molecule has 2 rings (SSSR count). The highest BCUT2D eigenvalue weighted by Gasteiger charge is 2.16. The second-order valence-electron chi connectivity index (χ2n) is 4.51. The molecule has 0 radical (unpaired) electrons. The standard InChI is InChI=1S/C15H12FN3O4/c16-13-7-6-12(19(22)23)8-11(13)9-17-18-15(21)14(20)10-4-2-1-3-5-10/h1-9,14,20H,(H,18,21)/b17-9+. The normalized spacial score (nSPS) is 12.1. The van der Waals surface area contributed by atoms with E-state index in [2.05, 4.69) is 5.10 Å². The lowest BCUT2D eigenvalue weighted by molar-refractivity contribution is -0.384. The Labute approximate surface area is 130 Å². The third kappa shape index (κ3) is 4.17.